The summed E-state index contributed by atoms with van der Waals surface area (Å²) in [6.07, 6.45) is -2.00. The molecule has 0 fully saturated rings. The van der Waals surface area contributed by atoms with Gasteiger partial charge in [-0.25, -0.2) is 18.1 Å². The number of carboxylic acids is 2. The molecule has 8 nitrogen and oxygen atoms in total. The Morgan fingerprint density at radius 1 is 0.857 bits per heavy atom. The molecule has 0 aliphatic rings. The number of carboxylic acid groups (broad SMARTS) is 2. The number of hydrogen-bond donors (Lipinski definition) is 3. The largest absolute Gasteiger partial charge is 0.478 e. The summed E-state index contributed by atoms with van der Waals surface area (Å²) in [4.78, 5) is 25.5. The molecule has 0 saturated heterocycles. The van der Waals surface area contributed by atoms with Crippen LogP contribution in [-0.4, -0.2) is 41.8 Å². The zero-order valence-corrected chi connectivity index (χ0v) is 19.5. The predicted molar refractivity (Wildman–Crippen MR) is 132 cm³/mol. The monoisotopic (exact) mass is 492 g/mol. The second kappa shape index (κ2) is 11.0. The van der Waals surface area contributed by atoms with Gasteiger partial charge in [-0.1, -0.05) is 60.7 Å². The average molecular weight is 493 g/mol. The SMILES string of the molecule is O=C(O)C(Oc1ccc2cc(CN(Cc3ccccc3)S(=O)Cc3ccccc3)[nH]c2c1)C(=O)O. The van der Waals surface area contributed by atoms with Crippen molar-refractivity contribution in [3.8, 4) is 5.75 Å². The maximum absolute atomic E-state index is 13.3. The quantitative estimate of drug-likeness (QED) is 0.273. The Morgan fingerprint density at radius 3 is 2.11 bits per heavy atom. The molecule has 0 amide bonds. The van der Waals surface area contributed by atoms with Crippen LogP contribution >= 0.6 is 0 Å². The maximum atomic E-state index is 13.3. The zero-order chi connectivity index (χ0) is 24.8. The second-order valence-electron chi connectivity index (χ2n) is 7.95. The summed E-state index contributed by atoms with van der Waals surface area (Å²) in [7, 11) is -1.30. The van der Waals surface area contributed by atoms with E-state index in [0.717, 1.165) is 22.2 Å². The van der Waals surface area contributed by atoms with Crippen LogP contribution in [0.25, 0.3) is 10.9 Å². The summed E-state index contributed by atoms with van der Waals surface area (Å²) < 4.78 is 20.4. The van der Waals surface area contributed by atoms with Gasteiger partial charge in [0, 0.05) is 23.8 Å². The van der Waals surface area contributed by atoms with Gasteiger partial charge in [-0.3, -0.25) is 0 Å². The number of hydrogen-bond acceptors (Lipinski definition) is 4. The van der Waals surface area contributed by atoms with E-state index in [0.29, 0.717) is 24.4 Å². The van der Waals surface area contributed by atoms with Gasteiger partial charge < -0.3 is 19.9 Å². The highest BCUT2D eigenvalue weighted by Gasteiger charge is 2.28. The van der Waals surface area contributed by atoms with E-state index < -0.39 is 29.0 Å². The topological polar surface area (TPSA) is 120 Å². The minimum atomic E-state index is -2.00. The Labute approximate surface area is 204 Å². The first-order valence-corrected chi connectivity index (χ1v) is 12.1. The molecule has 3 aromatic carbocycles. The fourth-order valence-corrected chi connectivity index (χ4v) is 4.89. The molecule has 4 rings (SSSR count). The molecule has 1 atom stereocenters. The minimum absolute atomic E-state index is 0.120. The highest BCUT2D eigenvalue weighted by molar-refractivity contribution is 7.81. The standard InChI is InChI=1S/C26H24N2O6S/c29-25(30)24(26(31)32)34-22-12-11-20-13-21(27-23(20)14-22)16-28(15-18-7-3-1-4-8-18)35(33)17-19-9-5-2-6-10-19/h1-14,24,27H,15-17H2,(H,29,30)(H,31,32). The summed E-state index contributed by atoms with van der Waals surface area (Å²) >= 11 is 0. The van der Waals surface area contributed by atoms with Crippen LogP contribution in [0.15, 0.2) is 84.9 Å². The van der Waals surface area contributed by atoms with Crippen molar-refractivity contribution in [2.45, 2.75) is 24.9 Å². The fourth-order valence-electron chi connectivity index (χ4n) is 3.65. The van der Waals surface area contributed by atoms with Crippen molar-refractivity contribution in [2.75, 3.05) is 0 Å². The van der Waals surface area contributed by atoms with E-state index in [2.05, 4.69) is 4.98 Å². The third kappa shape index (κ3) is 6.34. The maximum Gasteiger partial charge on any atom is 0.356 e. The number of H-pyrrole nitrogens is 1. The molecule has 9 heteroatoms. The van der Waals surface area contributed by atoms with Gasteiger partial charge in [0.25, 0.3) is 6.10 Å². The van der Waals surface area contributed by atoms with E-state index in [1.165, 1.54) is 6.07 Å². The molecule has 1 aromatic heterocycles. The Kier molecular flexibility index (Phi) is 7.59. The second-order valence-corrected chi connectivity index (χ2v) is 9.40. The highest BCUT2D eigenvalue weighted by Crippen LogP contribution is 2.24. The smallest absolute Gasteiger partial charge is 0.356 e. The molecule has 0 aliphatic carbocycles. The number of rotatable bonds is 11. The van der Waals surface area contributed by atoms with Gasteiger partial charge in [0.1, 0.15) is 5.75 Å². The van der Waals surface area contributed by atoms with Gasteiger partial charge in [0.2, 0.25) is 0 Å². The van der Waals surface area contributed by atoms with Crippen LogP contribution < -0.4 is 4.74 Å². The first-order valence-electron chi connectivity index (χ1n) is 10.8. The predicted octanol–water partition coefficient (Wildman–Crippen LogP) is 3.95. The Hall–Kier alpha value is -3.95. The molecular weight excluding hydrogens is 468 g/mol. The third-order valence-electron chi connectivity index (χ3n) is 5.32. The first kappa shape index (κ1) is 24.2. The van der Waals surface area contributed by atoms with Crippen LogP contribution in [0.4, 0.5) is 0 Å². The zero-order valence-electron chi connectivity index (χ0n) is 18.7. The molecule has 0 aliphatic heterocycles. The molecule has 0 bridgehead atoms. The molecule has 1 heterocycles. The van der Waals surface area contributed by atoms with Gasteiger partial charge >= 0.3 is 11.9 Å². The summed E-state index contributed by atoms with van der Waals surface area (Å²) in [5.41, 5.74) is 3.48. The number of nitrogens with zero attached hydrogens (tertiary/aromatic N) is 1. The number of nitrogens with one attached hydrogen (secondary N) is 1. The summed E-state index contributed by atoms with van der Waals surface area (Å²) in [5.74, 6) is -2.66. The van der Waals surface area contributed by atoms with Crippen molar-refractivity contribution < 1.29 is 28.7 Å². The van der Waals surface area contributed by atoms with E-state index in [-0.39, 0.29) is 5.75 Å². The normalized spacial score (nSPS) is 12.2. The van der Waals surface area contributed by atoms with E-state index in [4.69, 9.17) is 14.9 Å². The van der Waals surface area contributed by atoms with Gasteiger partial charge in [-0.15, -0.1) is 0 Å². The van der Waals surface area contributed by atoms with Crippen LogP contribution in [0.2, 0.25) is 0 Å². The van der Waals surface area contributed by atoms with Crippen LogP contribution in [-0.2, 0) is 39.4 Å². The lowest BCUT2D eigenvalue weighted by atomic mass is 10.2. The van der Waals surface area contributed by atoms with E-state index in [1.807, 2.05) is 71.0 Å². The summed E-state index contributed by atoms with van der Waals surface area (Å²) in [6, 6.07) is 26.2. The van der Waals surface area contributed by atoms with Crippen molar-refractivity contribution >= 4 is 33.8 Å². The van der Waals surface area contributed by atoms with E-state index in [1.54, 1.807) is 12.1 Å². The molecule has 4 aromatic rings. The molecule has 180 valence electrons. The number of ether oxygens (including phenoxy) is 1. The van der Waals surface area contributed by atoms with Crippen LogP contribution in [0.3, 0.4) is 0 Å². The molecule has 35 heavy (non-hydrogen) atoms. The number of carbonyl (C=O) groups is 2. The lowest BCUT2D eigenvalue weighted by Gasteiger charge is -2.21. The highest BCUT2D eigenvalue weighted by atomic mass is 32.2. The average Bonchev–Trinajstić information content (AvgIpc) is 3.24. The number of aromatic nitrogens is 1. The van der Waals surface area contributed by atoms with Crippen molar-refractivity contribution in [3.63, 3.8) is 0 Å². The fraction of sp³-hybridized carbons (Fsp3) is 0.154. The van der Waals surface area contributed by atoms with Crippen molar-refractivity contribution in [2.24, 2.45) is 0 Å². The lowest BCUT2D eigenvalue weighted by Crippen LogP contribution is -2.35. The summed E-state index contributed by atoms with van der Waals surface area (Å²) in [6.45, 7) is 0.870. The van der Waals surface area contributed by atoms with Gasteiger partial charge in [0.15, 0.2) is 0 Å². The van der Waals surface area contributed by atoms with E-state index >= 15 is 0 Å². The summed E-state index contributed by atoms with van der Waals surface area (Å²) in [5, 5.41) is 18.9. The van der Waals surface area contributed by atoms with Crippen LogP contribution in [0.5, 0.6) is 5.75 Å². The van der Waals surface area contributed by atoms with Crippen LogP contribution in [0, 0.1) is 0 Å². The Bertz CT molecular complexity index is 1330. The minimum Gasteiger partial charge on any atom is -0.478 e. The van der Waals surface area contributed by atoms with E-state index in [9.17, 15) is 13.8 Å². The molecule has 0 radical (unpaired) electrons. The third-order valence-corrected chi connectivity index (χ3v) is 6.74. The van der Waals surface area contributed by atoms with Gasteiger partial charge in [-0.05, 0) is 34.7 Å². The van der Waals surface area contributed by atoms with Gasteiger partial charge in [0.05, 0.1) is 23.3 Å². The Morgan fingerprint density at radius 2 is 1.49 bits per heavy atom. The Balaban J connectivity index is 1.56. The number of aromatic amines is 1. The number of aliphatic carboxylic acids is 2. The molecule has 0 saturated carbocycles. The molecule has 3 N–H and O–H groups in total. The van der Waals surface area contributed by atoms with Crippen molar-refractivity contribution in [1.29, 1.82) is 0 Å². The molecule has 0 spiro atoms. The molecular formula is C26H24N2O6S. The first-order chi connectivity index (χ1) is 16.9. The molecule has 1 unspecified atom stereocenters. The van der Waals surface area contributed by atoms with Gasteiger partial charge in [-0.2, -0.15) is 0 Å². The number of benzene rings is 3. The lowest BCUT2D eigenvalue weighted by molar-refractivity contribution is -0.159. The van der Waals surface area contributed by atoms with Crippen molar-refractivity contribution in [3.05, 3.63) is 102 Å². The van der Waals surface area contributed by atoms with Crippen LogP contribution in [0.1, 0.15) is 16.8 Å². The van der Waals surface area contributed by atoms with Crippen molar-refractivity contribution in [1.82, 2.24) is 9.29 Å². The number of fused-ring (bicyclic) bond motifs is 1.